The predicted molar refractivity (Wildman–Crippen MR) is 85.9 cm³/mol. The van der Waals surface area contributed by atoms with Crippen LogP contribution in [0.4, 0.5) is 0 Å². The van der Waals surface area contributed by atoms with Gasteiger partial charge < -0.3 is 5.32 Å². The molecule has 1 N–H and O–H groups in total. The van der Waals surface area contributed by atoms with Gasteiger partial charge in [0.1, 0.15) is 0 Å². The standard InChI is InChI=1S/C18H34N2/c1-15(2)11-19-13-18(9-3-4-10-18)14-20(17-7-8-17)12-16-5-6-16/h15-17,19H,3-14H2,1-2H3. The molecular weight excluding hydrogens is 244 g/mol. The molecule has 0 unspecified atom stereocenters. The molecule has 0 aromatic rings. The lowest BCUT2D eigenvalue weighted by Gasteiger charge is -2.36. The van der Waals surface area contributed by atoms with E-state index in [1.807, 2.05) is 0 Å². The van der Waals surface area contributed by atoms with E-state index < -0.39 is 0 Å². The molecule has 0 aromatic heterocycles. The summed E-state index contributed by atoms with van der Waals surface area (Å²) in [7, 11) is 0. The third-order valence-electron chi connectivity index (χ3n) is 5.51. The number of nitrogens with zero attached hydrogens (tertiary/aromatic N) is 1. The van der Waals surface area contributed by atoms with Crippen LogP contribution >= 0.6 is 0 Å². The molecule has 3 rings (SSSR count). The van der Waals surface area contributed by atoms with Crippen LogP contribution in [0.1, 0.15) is 65.2 Å². The fourth-order valence-electron chi connectivity index (χ4n) is 3.99. The van der Waals surface area contributed by atoms with Gasteiger partial charge in [-0.2, -0.15) is 0 Å². The second kappa shape index (κ2) is 6.36. The SMILES string of the molecule is CC(C)CNCC1(CN(CC2CC2)C2CC2)CCCC1. The first-order valence-corrected chi connectivity index (χ1v) is 9.12. The van der Waals surface area contributed by atoms with Crippen molar-refractivity contribution < 1.29 is 0 Å². The Labute approximate surface area is 125 Å². The van der Waals surface area contributed by atoms with E-state index in [4.69, 9.17) is 0 Å². The second-order valence-corrected chi connectivity index (χ2v) is 8.34. The highest BCUT2D eigenvalue weighted by molar-refractivity contribution is 4.95. The summed E-state index contributed by atoms with van der Waals surface area (Å²) in [5.41, 5.74) is 0.604. The Hall–Kier alpha value is -0.0800. The Morgan fingerprint density at radius 1 is 1.10 bits per heavy atom. The summed E-state index contributed by atoms with van der Waals surface area (Å²) in [6.07, 6.45) is 11.8. The highest BCUT2D eigenvalue weighted by Gasteiger charge is 2.41. The minimum atomic E-state index is 0.604. The molecule has 116 valence electrons. The van der Waals surface area contributed by atoms with Gasteiger partial charge in [-0.25, -0.2) is 0 Å². The van der Waals surface area contributed by atoms with Crippen LogP contribution in [0, 0.1) is 17.3 Å². The maximum absolute atomic E-state index is 3.77. The van der Waals surface area contributed by atoms with Gasteiger partial charge in [-0.1, -0.05) is 26.7 Å². The molecule has 3 fully saturated rings. The lowest BCUT2D eigenvalue weighted by Crippen LogP contribution is -2.44. The van der Waals surface area contributed by atoms with Gasteiger partial charge in [0, 0.05) is 25.7 Å². The van der Waals surface area contributed by atoms with Crippen molar-refractivity contribution in [2.75, 3.05) is 26.2 Å². The van der Waals surface area contributed by atoms with Gasteiger partial charge in [0.15, 0.2) is 0 Å². The van der Waals surface area contributed by atoms with Crippen molar-refractivity contribution in [2.24, 2.45) is 17.3 Å². The molecule has 0 aromatic carbocycles. The summed E-state index contributed by atoms with van der Waals surface area (Å²) in [5, 5.41) is 3.77. The van der Waals surface area contributed by atoms with Crippen LogP contribution in [-0.4, -0.2) is 37.1 Å². The summed E-state index contributed by atoms with van der Waals surface area (Å²) in [6, 6.07) is 0.957. The van der Waals surface area contributed by atoms with Crippen LogP contribution in [0.5, 0.6) is 0 Å². The van der Waals surface area contributed by atoms with Crippen molar-refractivity contribution in [3.8, 4) is 0 Å². The molecule has 0 atom stereocenters. The van der Waals surface area contributed by atoms with E-state index in [1.54, 1.807) is 0 Å². The van der Waals surface area contributed by atoms with Crippen LogP contribution in [0.25, 0.3) is 0 Å². The molecule has 2 heteroatoms. The third kappa shape index (κ3) is 4.21. The Kier molecular flexibility index (Phi) is 4.72. The summed E-state index contributed by atoms with van der Waals surface area (Å²) < 4.78 is 0. The van der Waals surface area contributed by atoms with Crippen LogP contribution in [-0.2, 0) is 0 Å². The summed E-state index contributed by atoms with van der Waals surface area (Å²) in [5.74, 6) is 1.83. The van der Waals surface area contributed by atoms with Crippen LogP contribution in [0.3, 0.4) is 0 Å². The normalized spacial score (nSPS) is 25.8. The lowest BCUT2D eigenvalue weighted by atomic mass is 9.85. The maximum atomic E-state index is 3.77. The van der Waals surface area contributed by atoms with Gasteiger partial charge in [0.05, 0.1) is 0 Å². The average molecular weight is 278 g/mol. The Morgan fingerprint density at radius 2 is 1.80 bits per heavy atom. The van der Waals surface area contributed by atoms with E-state index in [-0.39, 0.29) is 0 Å². The van der Waals surface area contributed by atoms with Crippen LogP contribution in [0.15, 0.2) is 0 Å². The van der Waals surface area contributed by atoms with E-state index in [0.717, 1.165) is 17.9 Å². The largest absolute Gasteiger partial charge is 0.316 e. The lowest BCUT2D eigenvalue weighted by molar-refractivity contribution is 0.136. The first-order chi connectivity index (χ1) is 9.67. The smallest absolute Gasteiger partial charge is 0.00967 e. The zero-order valence-electron chi connectivity index (χ0n) is 13.7. The predicted octanol–water partition coefficient (Wildman–Crippen LogP) is 3.67. The molecule has 0 bridgehead atoms. The Balaban J connectivity index is 1.53. The molecule has 3 aliphatic carbocycles. The minimum Gasteiger partial charge on any atom is -0.316 e. The fraction of sp³-hybridized carbons (Fsp3) is 1.00. The first-order valence-electron chi connectivity index (χ1n) is 9.12. The van der Waals surface area contributed by atoms with Crippen LogP contribution < -0.4 is 5.32 Å². The van der Waals surface area contributed by atoms with E-state index in [1.165, 1.54) is 77.5 Å². The molecule has 20 heavy (non-hydrogen) atoms. The van der Waals surface area contributed by atoms with Gasteiger partial charge in [-0.15, -0.1) is 0 Å². The first kappa shape index (κ1) is 14.8. The molecule has 0 aliphatic heterocycles. The van der Waals surface area contributed by atoms with E-state index in [2.05, 4.69) is 24.1 Å². The van der Waals surface area contributed by atoms with Gasteiger partial charge in [-0.05, 0) is 62.3 Å². The van der Waals surface area contributed by atoms with Gasteiger partial charge in [0.25, 0.3) is 0 Å². The molecule has 0 saturated heterocycles. The van der Waals surface area contributed by atoms with Gasteiger partial charge in [0.2, 0.25) is 0 Å². The van der Waals surface area contributed by atoms with E-state index in [0.29, 0.717) is 5.41 Å². The minimum absolute atomic E-state index is 0.604. The topological polar surface area (TPSA) is 15.3 Å². The van der Waals surface area contributed by atoms with Gasteiger partial charge >= 0.3 is 0 Å². The van der Waals surface area contributed by atoms with Crippen molar-refractivity contribution in [1.82, 2.24) is 10.2 Å². The molecule has 3 aliphatic rings. The molecule has 0 spiro atoms. The van der Waals surface area contributed by atoms with Crippen molar-refractivity contribution in [1.29, 1.82) is 0 Å². The van der Waals surface area contributed by atoms with Crippen molar-refractivity contribution in [3.63, 3.8) is 0 Å². The Morgan fingerprint density at radius 3 is 2.35 bits per heavy atom. The number of rotatable bonds is 9. The second-order valence-electron chi connectivity index (χ2n) is 8.34. The molecular formula is C18H34N2. The average Bonchev–Trinajstić information content (AvgIpc) is 3.29. The highest BCUT2D eigenvalue weighted by atomic mass is 15.2. The van der Waals surface area contributed by atoms with E-state index in [9.17, 15) is 0 Å². The van der Waals surface area contributed by atoms with Crippen molar-refractivity contribution >= 4 is 0 Å². The number of nitrogens with one attached hydrogen (secondary N) is 1. The number of hydrogen-bond donors (Lipinski definition) is 1. The molecule has 3 saturated carbocycles. The zero-order chi connectivity index (χ0) is 14.0. The summed E-state index contributed by atoms with van der Waals surface area (Å²) in [6.45, 7) is 9.89. The molecule has 0 amide bonds. The molecule has 0 heterocycles. The van der Waals surface area contributed by atoms with Crippen molar-refractivity contribution in [3.05, 3.63) is 0 Å². The fourth-order valence-corrected chi connectivity index (χ4v) is 3.99. The van der Waals surface area contributed by atoms with E-state index >= 15 is 0 Å². The Bertz CT molecular complexity index is 299. The number of hydrogen-bond acceptors (Lipinski definition) is 2. The zero-order valence-corrected chi connectivity index (χ0v) is 13.7. The monoisotopic (exact) mass is 278 g/mol. The quantitative estimate of drug-likeness (QED) is 0.692. The summed E-state index contributed by atoms with van der Waals surface area (Å²) >= 11 is 0. The molecule has 2 nitrogen and oxygen atoms in total. The molecule has 0 radical (unpaired) electrons. The van der Waals surface area contributed by atoms with Crippen LogP contribution in [0.2, 0.25) is 0 Å². The highest BCUT2D eigenvalue weighted by Crippen LogP contribution is 2.42. The third-order valence-corrected chi connectivity index (χ3v) is 5.51. The van der Waals surface area contributed by atoms with Crippen molar-refractivity contribution in [2.45, 2.75) is 71.3 Å². The van der Waals surface area contributed by atoms with Gasteiger partial charge in [-0.3, -0.25) is 4.90 Å². The summed E-state index contributed by atoms with van der Waals surface area (Å²) in [4.78, 5) is 2.89. The maximum Gasteiger partial charge on any atom is 0.00967 e.